The Kier molecular flexibility index (Phi) is 3.48. The summed E-state index contributed by atoms with van der Waals surface area (Å²) >= 11 is 3.80. The zero-order valence-electron chi connectivity index (χ0n) is 7.17. The number of rotatable bonds is 3. The minimum absolute atomic E-state index is 0.0291. The largest absolute Gasteiger partial charge is 0.452 e. The van der Waals surface area contributed by atoms with Crippen molar-refractivity contribution in [2.75, 3.05) is 5.75 Å². The highest BCUT2D eigenvalue weighted by molar-refractivity contribution is 7.80. The molecule has 0 aromatic heterocycles. The van der Waals surface area contributed by atoms with Gasteiger partial charge < -0.3 is 4.74 Å². The number of amides is 2. The van der Waals surface area contributed by atoms with Crippen LogP contribution in [0.2, 0.25) is 0 Å². The Bertz CT molecular complexity index is 279. The molecule has 1 aliphatic rings. The zero-order valence-corrected chi connectivity index (χ0v) is 8.07. The van der Waals surface area contributed by atoms with Crippen LogP contribution in [0.25, 0.3) is 0 Å². The summed E-state index contributed by atoms with van der Waals surface area (Å²) in [6.45, 7) is 0. The highest BCUT2D eigenvalue weighted by Crippen LogP contribution is 2.14. The van der Waals surface area contributed by atoms with Crippen LogP contribution >= 0.6 is 12.6 Å². The van der Waals surface area contributed by atoms with E-state index in [0.29, 0.717) is 5.75 Å². The van der Waals surface area contributed by atoms with Gasteiger partial charge in [0.25, 0.3) is 11.8 Å². The van der Waals surface area contributed by atoms with Crippen molar-refractivity contribution in [3.05, 3.63) is 0 Å². The fourth-order valence-corrected chi connectivity index (χ4v) is 1.18. The van der Waals surface area contributed by atoms with E-state index in [1.165, 1.54) is 0 Å². The smallest absolute Gasteiger partial charge is 0.307 e. The van der Waals surface area contributed by atoms with E-state index < -0.39 is 23.9 Å². The van der Waals surface area contributed by atoms with Crippen molar-refractivity contribution in [1.29, 1.82) is 0 Å². The van der Waals surface area contributed by atoms with Gasteiger partial charge in [0.1, 0.15) is 0 Å². The number of thiol groups is 1. The van der Waals surface area contributed by atoms with Crippen LogP contribution in [0.3, 0.4) is 0 Å². The highest BCUT2D eigenvalue weighted by atomic mass is 32.1. The maximum Gasteiger partial charge on any atom is 0.307 e. The van der Waals surface area contributed by atoms with Crippen LogP contribution in [0.1, 0.15) is 12.8 Å². The lowest BCUT2D eigenvalue weighted by Gasteiger charge is -2.08. The molecule has 1 heterocycles. The van der Waals surface area contributed by atoms with Crippen molar-refractivity contribution in [2.45, 2.75) is 18.9 Å². The Morgan fingerprint density at radius 3 is 2.71 bits per heavy atom. The van der Waals surface area contributed by atoms with Gasteiger partial charge in [-0.3, -0.25) is 19.6 Å². The van der Waals surface area contributed by atoms with Crippen LogP contribution < -0.4 is 0 Å². The molecular formula is C7H9NO5S. The maximum absolute atomic E-state index is 11.0. The summed E-state index contributed by atoms with van der Waals surface area (Å²) in [7, 11) is 0. The SMILES string of the molecule is O=C(CCS)OC1CC(=O)N(O)C1=O. The molecule has 1 atom stereocenters. The Hall–Kier alpha value is -1.08. The lowest BCUT2D eigenvalue weighted by molar-refractivity contribution is -0.176. The molecule has 7 heteroatoms. The Morgan fingerprint density at radius 2 is 2.29 bits per heavy atom. The molecule has 0 aliphatic carbocycles. The first-order valence-electron chi connectivity index (χ1n) is 3.92. The molecule has 0 aromatic carbocycles. The molecular weight excluding hydrogens is 210 g/mol. The van der Waals surface area contributed by atoms with Gasteiger partial charge in [-0.1, -0.05) is 0 Å². The van der Waals surface area contributed by atoms with E-state index >= 15 is 0 Å². The molecule has 78 valence electrons. The van der Waals surface area contributed by atoms with Gasteiger partial charge in [0, 0.05) is 5.75 Å². The molecule has 1 N–H and O–H groups in total. The molecule has 0 radical (unpaired) electrons. The van der Waals surface area contributed by atoms with E-state index in [4.69, 9.17) is 5.21 Å². The number of hydroxylamine groups is 2. The average molecular weight is 219 g/mol. The lowest BCUT2D eigenvalue weighted by atomic mass is 10.3. The molecule has 1 saturated heterocycles. The van der Waals surface area contributed by atoms with E-state index in [0.717, 1.165) is 0 Å². The molecule has 0 bridgehead atoms. The third-order valence-corrected chi connectivity index (χ3v) is 1.89. The number of esters is 1. The topological polar surface area (TPSA) is 83.9 Å². The molecule has 14 heavy (non-hydrogen) atoms. The lowest BCUT2D eigenvalue weighted by Crippen LogP contribution is -2.30. The van der Waals surface area contributed by atoms with Gasteiger partial charge in [0.15, 0.2) is 6.10 Å². The van der Waals surface area contributed by atoms with Crippen LogP contribution in [0, 0.1) is 0 Å². The van der Waals surface area contributed by atoms with Gasteiger partial charge in [0.05, 0.1) is 12.8 Å². The van der Waals surface area contributed by atoms with Gasteiger partial charge in [-0.05, 0) is 0 Å². The second-order valence-corrected chi connectivity index (χ2v) is 3.15. The molecule has 1 aliphatic heterocycles. The first-order valence-corrected chi connectivity index (χ1v) is 4.55. The van der Waals surface area contributed by atoms with Crippen LogP contribution in [-0.2, 0) is 19.1 Å². The second kappa shape index (κ2) is 4.43. The van der Waals surface area contributed by atoms with E-state index in [2.05, 4.69) is 17.4 Å². The number of hydrogen-bond donors (Lipinski definition) is 2. The monoisotopic (exact) mass is 219 g/mol. The third kappa shape index (κ3) is 2.24. The summed E-state index contributed by atoms with van der Waals surface area (Å²) in [6, 6.07) is 0. The molecule has 0 aromatic rings. The summed E-state index contributed by atoms with van der Waals surface area (Å²) in [4.78, 5) is 32.7. The standard InChI is InChI=1S/C7H9NO5S/c9-5-3-4(7(11)8(5)12)13-6(10)1-2-14/h4,12,14H,1-3H2. The van der Waals surface area contributed by atoms with Gasteiger partial charge in [-0.15, -0.1) is 0 Å². The predicted molar refractivity (Wildman–Crippen MR) is 46.6 cm³/mol. The fraction of sp³-hybridized carbons (Fsp3) is 0.571. The zero-order chi connectivity index (χ0) is 10.7. The van der Waals surface area contributed by atoms with Crippen LogP contribution in [0.5, 0.6) is 0 Å². The first-order chi connectivity index (χ1) is 6.56. The Labute approximate surface area is 85.2 Å². The highest BCUT2D eigenvalue weighted by Gasteiger charge is 2.40. The molecule has 0 spiro atoms. The molecule has 2 amide bonds. The summed E-state index contributed by atoms with van der Waals surface area (Å²) in [6.07, 6.45) is -1.42. The first kappa shape index (κ1) is 11.0. The van der Waals surface area contributed by atoms with Gasteiger partial charge >= 0.3 is 5.97 Å². The van der Waals surface area contributed by atoms with E-state index in [-0.39, 0.29) is 17.9 Å². The van der Waals surface area contributed by atoms with Crippen LogP contribution in [0.4, 0.5) is 0 Å². The maximum atomic E-state index is 11.0. The minimum Gasteiger partial charge on any atom is -0.452 e. The van der Waals surface area contributed by atoms with E-state index in [9.17, 15) is 14.4 Å². The number of imide groups is 1. The normalized spacial score (nSPS) is 21.6. The summed E-state index contributed by atoms with van der Waals surface area (Å²) in [5, 5.41) is 8.78. The van der Waals surface area contributed by atoms with Gasteiger partial charge in [-0.25, -0.2) is 0 Å². The van der Waals surface area contributed by atoms with E-state index in [1.54, 1.807) is 0 Å². The number of nitrogens with zero attached hydrogens (tertiary/aromatic N) is 1. The quantitative estimate of drug-likeness (QED) is 0.285. The minimum atomic E-state index is -1.18. The summed E-state index contributed by atoms with van der Waals surface area (Å²) < 4.78 is 4.64. The molecule has 1 unspecified atom stereocenters. The second-order valence-electron chi connectivity index (χ2n) is 2.70. The predicted octanol–water partition coefficient (Wildman–Crippen LogP) is -0.634. The number of carbonyl (C=O) groups is 3. The number of carbonyl (C=O) groups excluding carboxylic acids is 3. The summed E-state index contributed by atoms with van der Waals surface area (Å²) in [5.74, 6) is -1.97. The average Bonchev–Trinajstić information content (AvgIpc) is 2.34. The molecule has 1 fully saturated rings. The van der Waals surface area contributed by atoms with Crippen LogP contribution in [-0.4, -0.2) is 39.9 Å². The van der Waals surface area contributed by atoms with Crippen molar-refractivity contribution in [2.24, 2.45) is 0 Å². The van der Waals surface area contributed by atoms with E-state index in [1.807, 2.05) is 0 Å². The number of hydrogen-bond acceptors (Lipinski definition) is 6. The summed E-state index contributed by atoms with van der Waals surface area (Å²) in [5.41, 5.74) is 0. The van der Waals surface area contributed by atoms with Crippen molar-refractivity contribution in [1.82, 2.24) is 5.06 Å². The Balaban J connectivity index is 2.51. The van der Waals surface area contributed by atoms with Crippen LogP contribution in [0.15, 0.2) is 0 Å². The van der Waals surface area contributed by atoms with Gasteiger partial charge in [0.2, 0.25) is 0 Å². The van der Waals surface area contributed by atoms with Crippen molar-refractivity contribution in [3.63, 3.8) is 0 Å². The van der Waals surface area contributed by atoms with Crippen molar-refractivity contribution in [3.8, 4) is 0 Å². The molecule has 1 rings (SSSR count). The molecule has 6 nitrogen and oxygen atoms in total. The van der Waals surface area contributed by atoms with Crippen molar-refractivity contribution >= 4 is 30.4 Å². The Morgan fingerprint density at radius 1 is 1.64 bits per heavy atom. The third-order valence-electron chi connectivity index (χ3n) is 1.67. The van der Waals surface area contributed by atoms with Gasteiger partial charge in [-0.2, -0.15) is 17.7 Å². The number of ether oxygens (including phenoxy) is 1. The molecule has 0 saturated carbocycles. The van der Waals surface area contributed by atoms with Crippen molar-refractivity contribution < 1.29 is 24.3 Å². The fourth-order valence-electron chi connectivity index (χ4n) is 0.993.